The molecule has 1 aliphatic heterocycles. The van der Waals surface area contributed by atoms with Crippen molar-refractivity contribution in [2.75, 3.05) is 40.5 Å². The van der Waals surface area contributed by atoms with Crippen molar-refractivity contribution in [3.63, 3.8) is 0 Å². The molecule has 1 fully saturated rings. The second kappa shape index (κ2) is 9.17. The lowest BCUT2D eigenvalue weighted by molar-refractivity contribution is -0.904. The first-order valence-electron chi connectivity index (χ1n) is 8.25. The van der Waals surface area contributed by atoms with Gasteiger partial charge in [0, 0.05) is 0 Å². The van der Waals surface area contributed by atoms with E-state index in [1.165, 1.54) is 38.4 Å². The first kappa shape index (κ1) is 18.1. The van der Waals surface area contributed by atoms with Gasteiger partial charge in [-0.15, -0.1) is 0 Å². The van der Waals surface area contributed by atoms with Crippen molar-refractivity contribution < 1.29 is 29.0 Å². The predicted molar refractivity (Wildman–Crippen MR) is 88.5 cm³/mol. The lowest BCUT2D eigenvalue weighted by Crippen LogP contribution is -3.13. The fraction of sp³-hybridized carbons (Fsp3) is 0.500. The zero-order valence-electron chi connectivity index (χ0n) is 14.3. The molecule has 0 aromatic heterocycles. The Morgan fingerprint density at radius 3 is 2.33 bits per heavy atom. The number of methoxy groups -OCH3 is 2. The lowest BCUT2D eigenvalue weighted by Gasteiger charge is -2.24. The van der Waals surface area contributed by atoms with Gasteiger partial charge in [-0.25, -0.2) is 0 Å². The molecule has 2 rings (SSSR count). The summed E-state index contributed by atoms with van der Waals surface area (Å²) < 4.78 is 16.6. The van der Waals surface area contributed by atoms with Crippen LogP contribution in [0, 0.1) is 0 Å². The first-order valence-corrected chi connectivity index (χ1v) is 8.25. The molecule has 0 spiro atoms. The summed E-state index contributed by atoms with van der Waals surface area (Å²) in [6.45, 7) is 3.92. The van der Waals surface area contributed by atoms with Crippen LogP contribution >= 0.6 is 0 Å². The number of nitrogens with one attached hydrogen (secondary N) is 1. The Morgan fingerprint density at radius 1 is 1.17 bits per heavy atom. The van der Waals surface area contributed by atoms with E-state index in [0.717, 1.165) is 12.6 Å². The van der Waals surface area contributed by atoms with E-state index in [-0.39, 0.29) is 0 Å². The molecule has 0 aliphatic carbocycles. The zero-order valence-corrected chi connectivity index (χ0v) is 14.3. The summed E-state index contributed by atoms with van der Waals surface area (Å²) in [4.78, 5) is 12.1. The van der Waals surface area contributed by atoms with Gasteiger partial charge in [0.2, 0.25) is 5.75 Å². The number of hydrogen-bond acceptors (Lipinski definition) is 5. The van der Waals surface area contributed by atoms with Crippen molar-refractivity contribution in [2.24, 2.45) is 0 Å². The van der Waals surface area contributed by atoms with Crippen LogP contribution in [0.2, 0.25) is 0 Å². The van der Waals surface area contributed by atoms with Crippen molar-refractivity contribution in [2.45, 2.75) is 19.3 Å². The average Bonchev–Trinajstić information content (AvgIpc) is 2.61. The number of carbonyl (C=O) groups excluding carboxylic acids is 1. The molecule has 0 saturated carbocycles. The number of aliphatic carboxylic acids is 1. The number of carboxylic acid groups (broad SMARTS) is 1. The predicted octanol–water partition coefficient (Wildman–Crippen LogP) is -0.0855. The molecule has 1 heterocycles. The smallest absolute Gasteiger partial charge is 0.203 e. The van der Waals surface area contributed by atoms with Gasteiger partial charge in [0.15, 0.2) is 11.5 Å². The Balaban J connectivity index is 2.07. The van der Waals surface area contributed by atoms with Gasteiger partial charge in [-0.05, 0) is 43.0 Å². The van der Waals surface area contributed by atoms with Gasteiger partial charge in [0.25, 0.3) is 0 Å². The number of quaternary nitrogens is 1. The fourth-order valence-electron chi connectivity index (χ4n) is 2.90. The number of rotatable bonds is 8. The van der Waals surface area contributed by atoms with Crippen LogP contribution in [0.25, 0.3) is 6.08 Å². The van der Waals surface area contributed by atoms with Crippen molar-refractivity contribution in [3.8, 4) is 17.2 Å². The van der Waals surface area contributed by atoms with Crippen LogP contribution in [0.15, 0.2) is 18.2 Å². The Hall–Kier alpha value is -2.21. The average molecular weight is 335 g/mol. The van der Waals surface area contributed by atoms with Crippen molar-refractivity contribution in [1.82, 2.24) is 0 Å². The van der Waals surface area contributed by atoms with Crippen LogP contribution in [0.3, 0.4) is 0 Å². The van der Waals surface area contributed by atoms with Crippen LogP contribution in [0.4, 0.5) is 0 Å². The molecule has 0 amide bonds. The molecule has 1 aromatic rings. The maximum absolute atomic E-state index is 10.6. The second-order valence-electron chi connectivity index (χ2n) is 5.82. The minimum atomic E-state index is -1.25. The number of carbonyl (C=O) groups is 1. The standard InChI is InChI=1S/C18H25NO5/c1-22-15-12-14(6-7-17(20)21)13-16(23-2)18(15)24-11-10-19-8-4-3-5-9-19/h6-7,12-13H,3-5,8-11H2,1-2H3,(H,20,21)/b7-6+. The molecule has 24 heavy (non-hydrogen) atoms. The van der Waals surface area contributed by atoms with Crippen molar-refractivity contribution in [3.05, 3.63) is 23.8 Å². The van der Waals surface area contributed by atoms with Crippen LogP contribution in [0.5, 0.6) is 17.2 Å². The Bertz CT molecular complexity index is 554. The molecule has 0 atom stereocenters. The van der Waals surface area contributed by atoms with E-state index >= 15 is 0 Å². The maximum atomic E-state index is 10.6. The Kier molecular flexibility index (Phi) is 6.93. The largest absolute Gasteiger partial charge is 0.545 e. The summed E-state index contributed by atoms with van der Waals surface area (Å²) in [6.07, 6.45) is 6.28. The van der Waals surface area contributed by atoms with Gasteiger partial charge in [-0.1, -0.05) is 6.08 Å². The second-order valence-corrected chi connectivity index (χ2v) is 5.82. The highest BCUT2D eigenvalue weighted by molar-refractivity contribution is 5.84. The van der Waals surface area contributed by atoms with Gasteiger partial charge in [0.05, 0.1) is 33.3 Å². The molecule has 1 aromatic carbocycles. The molecule has 132 valence electrons. The van der Waals surface area contributed by atoms with E-state index in [2.05, 4.69) is 0 Å². The monoisotopic (exact) mass is 335 g/mol. The van der Waals surface area contributed by atoms with E-state index < -0.39 is 5.97 Å². The van der Waals surface area contributed by atoms with Gasteiger partial charge >= 0.3 is 0 Å². The van der Waals surface area contributed by atoms with E-state index in [1.807, 2.05) is 0 Å². The van der Waals surface area contributed by atoms with Crippen molar-refractivity contribution >= 4 is 12.0 Å². The lowest BCUT2D eigenvalue weighted by atomic mass is 10.1. The molecule has 0 radical (unpaired) electrons. The van der Waals surface area contributed by atoms with Gasteiger partial charge in [0.1, 0.15) is 13.2 Å². The summed E-state index contributed by atoms with van der Waals surface area (Å²) in [5, 5.41) is 10.6. The van der Waals surface area contributed by atoms with E-state index in [4.69, 9.17) is 14.2 Å². The molecule has 1 aliphatic rings. The highest BCUT2D eigenvalue weighted by atomic mass is 16.5. The number of benzene rings is 1. The highest BCUT2D eigenvalue weighted by Gasteiger charge is 2.16. The minimum Gasteiger partial charge on any atom is -0.545 e. The van der Waals surface area contributed by atoms with E-state index in [1.54, 1.807) is 31.3 Å². The summed E-state index contributed by atoms with van der Waals surface area (Å²) in [5.74, 6) is 0.321. The third-order valence-corrected chi connectivity index (χ3v) is 4.16. The third-order valence-electron chi connectivity index (χ3n) is 4.16. The minimum absolute atomic E-state index is 0.515. The third kappa shape index (κ3) is 5.16. The molecular formula is C18H25NO5. The molecule has 6 nitrogen and oxygen atoms in total. The summed E-state index contributed by atoms with van der Waals surface area (Å²) in [7, 11) is 3.09. The molecule has 0 unspecified atom stereocenters. The highest BCUT2D eigenvalue weighted by Crippen LogP contribution is 2.38. The summed E-state index contributed by atoms with van der Waals surface area (Å²) >= 11 is 0. The molecular weight excluding hydrogens is 310 g/mol. The molecule has 0 bridgehead atoms. The first-order chi connectivity index (χ1) is 11.6. The topological polar surface area (TPSA) is 72.3 Å². The quantitative estimate of drug-likeness (QED) is 0.673. The van der Waals surface area contributed by atoms with Crippen LogP contribution in [-0.2, 0) is 4.79 Å². The molecule has 1 saturated heterocycles. The normalized spacial score (nSPS) is 15.4. The number of ether oxygens (including phenoxy) is 3. The summed E-state index contributed by atoms with van der Waals surface area (Å²) in [5.41, 5.74) is 0.641. The van der Waals surface area contributed by atoms with Gasteiger partial charge < -0.3 is 29.0 Å². The van der Waals surface area contributed by atoms with Crippen molar-refractivity contribution in [1.29, 1.82) is 0 Å². The Morgan fingerprint density at radius 2 is 1.79 bits per heavy atom. The SMILES string of the molecule is COc1cc(/C=C/C(=O)[O-])cc(OC)c1OCC[NH+]1CCCCC1. The van der Waals surface area contributed by atoms with E-state index in [0.29, 0.717) is 29.4 Å². The van der Waals surface area contributed by atoms with E-state index in [9.17, 15) is 9.90 Å². The molecule has 1 N–H and O–H groups in total. The maximum Gasteiger partial charge on any atom is 0.203 e. The number of piperidine rings is 1. The van der Waals surface area contributed by atoms with Gasteiger partial charge in [-0.3, -0.25) is 0 Å². The fourth-order valence-corrected chi connectivity index (χ4v) is 2.90. The number of hydrogen-bond donors (Lipinski definition) is 1. The van der Waals surface area contributed by atoms with Crippen LogP contribution in [-0.4, -0.2) is 46.4 Å². The molecule has 6 heteroatoms. The summed E-state index contributed by atoms with van der Waals surface area (Å²) in [6, 6.07) is 3.43. The number of carboxylic acids is 1. The van der Waals surface area contributed by atoms with Crippen LogP contribution in [0.1, 0.15) is 24.8 Å². The Labute approximate surface area is 142 Å². The number of likely N-dealkylation sites (tertiary alicyclic amines) is 1. The zero-order chi connectivity index (χ0) is 17.4. The van der Waals surface area contributed by atoms with Gasteiger partial charge in [-0.2, -0.15) is 0 Å². The van der Waals surface area contributed by atoms with Crippen LogP contribution < -0.4 is 24.2 Å².